The molecule has 1 fully saturated rings. The normalized spacial score (nSPS) is 22.7. The molecule has 1 N–H and O–H groups in total. The van der Waals surface area contributed by atoms with Crippen LogP contribution in [0.2, 0.25) is 0 Å². The van der Waals surface area contributed by atoms with Crippen LogP contribution in [0.5, 0.6) is 0 Å². The molecule has 0 aromatic heterocycles. The first-order valence-corrected chi connectivity index (χ1v) is 13.7. The zero-order valence-corrected chi connectivity index (χ0v) is 22.5. The van der Waals surface area contributed by atoms with E-state index in [0.29, 0.717) is 26.4 Å². The minimum Gasteiger partial charge on any atom is -0.374 e. The smallest absolute Gasteiger partial charge is 0.184 e. The largest absolute Gasteiger partial charge is 0.374 e. The maximum absolute atomic E-state index is 11.2. The molecule has 0 bridgehead atoms. The summed E-state index contributed by atoms with van der Waals surface area (Å²) in [6, 6.07) is 39.7. The van der Waals surface area contributed by atoms with Crippen LogP contribution >= 0.6 is 0 Å². The second-order valence-corrected chi connectivity index (χ2v) is 9.85. The van der Waals surface area contributed by atoms with Gasteiger partial charge in [-0.25, -0.2) is 0 Å². The van der Waals surface area contributed by atoms with E-state index in [1.54, 1.807) is 0 Å². The molecule has 0 saturated carbocycles. The zero-order valence-electron chi connectivity index (χ0n) is 22.5. The van der Waals surface area contributed by atoms with Gasteiger partial charge >= 0.3 is 0 Å². The lowest BCUT2D eigenvalue weighted by molar-refractivity contribution is -0.317. The second-order valence-electron chi connectivity index (χ2n) is 9.85. The molecular formula is C34H36O6. The number of rotatable bonds is 13. The maximum atomic E-state index is 11.2. The average molecular weight is 541 g/mol. The highest BCUT2D eigenvalue weighted by Gasteiger charge is 2.48. The number of aliphatic hydroxyl groups is 1. The highest BCUT2D eigenvalue weighted by atomic mass is 16.7. The third-order valence-electron chi connectivity index (χ3n) is 6.86. The van der Waals surface area contributed by atoms with Crippen molar-refractivity contribution in [3.05, 3.63) is 144 Å². The molecule has 5 rings (SSSR count). The van der Waals surface area contributed by atoms with Crippen LogP contribution in [0.1, 0.15) is 22.3 Å². The van der Waals surface area contributed by atoms with Crippen LogP contribution < -0.4 is 0 Å². The molecule has 6 nitrogen and oxygen atoms in total. The van der Waals surface area contributed by atoms with E-state index in [0.717, 1.165) is 22.3 Å². The van der Waals surface area contributed by atoms with Crippen molar-refractivity contribution >= 4 is 0 Å². The molecule has 208 valence electrons. The maximum Gasteiger partial charge on any atom is 0.184 e. The quantitative estimate of drug-likeness (QED) is 0.236. The monoisotopic (exact) mass is 540 g/mol. The Morgan fingerprint density at radius 2 is 0.850 bits per heavy atom. The van der Waals surface area contributed by atoms with Crippen molar-refractivity contribution in [1.82, 2.24) is 0 Å². The molecule has 40 heavy (non-hydrogen) atoms. The molecule has 0 aliphatic carbocycles. The summed E-state index contributed by atoms with van der Waals surface area (Å²) in [7, 11) is 0. The van der Waals surface area contributed by atoms with Crippen molar-refractivity contribution < 1.29 is 28.8 Å². The summed E-state index contributed by atoms with van der Waals surface area (Å²) >= 11 is 0. The lowest BCUT2D eigenvalue weighted by Crippen LogP contribution is -2.61. The lowest BCUT2D eigenvalue weighted by Gasteiger charge is -2.44. The fraction of sp³-hybridized carbons (Fsp3) is 0.294. The SMILES string of the molecule is O[C@@H]1OC(COCc2ccccc2)[C@H](OCc2ccccc2)[C@@H](OCc2ccccc2)C1OCc1ccccc1. The zero-order chi connectivity index (χ0) is 27.4. The van der Waals surface area contributed by atoms with Crippen molar-refractivity contribution in [2.75, 3.05) is 6.61 Å². The van der Waals surface area contributed by atoms with Gasteiger partial charge in [-0.15, -0.1) is 0 Å². The summed E-state index contributed by atoms with van der Waals surface area (Å²) in [5.74, 6) is 0. The highest BCUT2D eigenvalue weighted by Crippen LogP contribution is 2.30. The van der Waals surface area contributed by atoms with E-state index in [4.69, 9.17) is 23.7 Å². The Labute approximate surface area is 236 Å². The minimum atomic E-state index is -1.22. The summed E-state index contributed by atoms with van der Waals surface area (Å²) < 4.78 is 31.4. The molecule has 1 heterocycles. The Kier molecular flexibility index (Phi) is 10.5. The van der Waals surface area contributed by atoms with Gasteiger partial charge in [0, 0.05) is 0 Å². The molecule has 4 aromatic carbocycles. The van der Waals surface area contributed by atoms with Gasteiger partial charge in [-0.05, 0) is 22.3 Å². The van der Waals surface area contributed by atoms with E-state index in [1.165, 1.54) is 0 Å². The summed E-state index contributed by atoms with van der Waals surface area (Å²) in [5, 5.41) is 11.2. The van der Waals surface area contributed by atoms with Gasteiger partial charge in [0.15, 0.2) is 6.29 Å². The van der Waals surface area contributed by atoms with E-state index >= 15 is 0 Å². The summed E-state index contributed by atoms with van der Waals surface area (Å²) in [6.07, 6.45) is -3.72. The van der Waals surface area contributed by atoms with Crippen LogP contribution in [-0.2, 0) is 50.1 Å². The first kappa shape index (κ1) is 28.2. The number of benzene rings is 4. The predicted molar refractivity (Wildman–Crippen MR) is 152 cm³/mol. The summed E-state index contributed by atoms with van der Waals surface area (Å²) in [6.45, 7) is 1.65. The Morgan fingerprint density at radius 1 is 0.475 bits per heavy atom. The Hall–Kier alpha value is -3.36. The van der Waals surface area contributed by atoms with Gasteiger partial charge < -0.3 is 28.8 Å². The van der Waals surface area contributed by atoms with Gasteiger partial charge in [0.25, 0.3) is 0 Å². The first-order valence-electron chi connectivity index (χ1n) is 13.7. The second kappa shape index (κ2) is 14.9. The van der Waals surface area contributed by atoms with Crippen molar-refractivity contribution in [3.63, 3.8) is 0 Å². The van der Waals surface area contributed by atoms with Gasteiger partial charge in [0.2, 0.25) is 0 Å². The molecule has 1 aliphatic heterocycles. The van der Waals surface area contributed by atoms with Crippen molar-refractivity contribution in [2.24, 2.45) is 0 Å². The van der Waals surface area contributed by atoms with Crippen molar-refractivity contribution in [1.29, 1.82) is 0 Å². The molecule has 0 spiro atoms. The first-order chi connectivity index (χ1) is 19.8. The molecule has 1 aliphatic rings. The van der Waals surface area contributed by atoms with Crippen LogP contribution in [0, 0.1) is 0 Å². The van der Waals surface area contributed by atoms with E-state index in [2.05, 4.69) is 0 Å². The van der Waals surface area contributed by atoms with Gasteiger partial charge in [-0.3, -0.25) is 0 Å². The summed E-state index contributed by atoms with van der Waals surface area (Å²) in [5.41, 5.74) is 4.10. The summed E-state index contributed by atoms with van der Waals surface area (Å²) in [4.78, 5) is 0. The molecule has 6 heteroatoms. The van der Waals surface area contributed by atoms with Gasteiger partial charge in [0.1, 0.15) is 24.4 Å². The van der Waals surface area contributed by atoms with Gasteiger partial charge in [-0.1, -0.05) is 121 Å². The third kappa shape index (κ3) is 8.08. The van der Waals surface area contributed by atoms with Crippen LogP contribution in [0.15, 0.2) is 121 Å². The molecule has 1 saturated heterocycles. The number of hydrogen-bond acceptors (Lipinski definition) is 6. The molecule has 5 atom stereocenters. The molecule has 2 unspecified atom stereocenters. The van der Waals surface area contributed by atoms with E-state index in [-0.39, 0.29) is 6.61 Å². The van der Waals surface area contributed by atoms with Crippen molar-refractivity contribution in [2.45, 2.75) is 57.1 Å². The van der Waals surface area contributed by atoms with Crippen LogP contribution in [0.3, 0.4) is 0 Å². The fourth-order valence-electron chi connectivity index (χ4n) is 4.77. The molecule has 0 amide bonds. The Balaban J connectivity index is 1.36. The van der Waals surface area contributed by atoms with Crippen LogP contribution in [0.25, 0.3) is 0 Å². The van der Waals surface area contributed by atoms with Crippen LogP contribution in [0.4, 0.5) is 0 Å². The fourth-order valence-corrected chi connectivity index (χ4v) is 4.77. The van der Waals surface area contributed by atoms with E-state index in [9.17, 15) is 5.11 Å². The minimum absolute atomic E-state index is 0.224. The van der Waals surface area contributed by atoms with Gasteiger partial charge in [-0.2, -0.15) is 0 Å². The average Bonchev–Trinajstić information content (AvgIpc) is 3.01. The standard InChI is InChI=1S/C34H36O6/c35-34-33(39-24-29-19-11-4-12-20-29)32(38-23-28-17-9-3-10-18-28)31(37-22-27-15-7-2-8-16-27)30(40-34)25-36-21-26-13-5-1-6-14-26/h1-20,30-35H,21-25H2/t30?,31-,32+,33?,34+/m0/s1. The number of aliphatic hydroxyl groups excluding tert-OH is 1. The van der Waals surface area contributed by atoms with E-state index < -0.39 is 30.7 Å². The topological polar surface area (TPSA) is 66.4 Å². The lowest BCUT2D eigenvalue weighted by atomic mass is 9.98. The molecule has 4 aromatic rings. The Bertz CT molecular complexity index is 1240. The van der Waals surface area contributed by atoms with Crippen molar-refractivity contribution in [3.8, 4) is 0 Å². The van der Waals surface area contributed by atoms with Crippen LogP contribution in [-0.4, -0.2) is 42.4 Å². The Morgan fingerprint density at radius 3 is 1.30 bits per heavy atom. The molecule has 0 radical (unpaired) electrons. The number of hydrogen-bond donors (Lipinski definition) is 1. The molecular weight excluding hydrogens is 504 g/mol. The highest BCUT2D eigenvalue weighted by molar-refractivity contribution is 5.16. The van der Waals surface area contributed by atoms with E-state index in [1.807, 2.05) is 121 Å². The third-order valence-corrected chi connectivity index (χ3v) is 6.86. The van der Waals surface area contributed by atoms with Gasteiger partial charge in [0.05, 0.1) is 33.0 Å². The number of ether oxygens (including phenoxy) is 5. The predicted octanol–water partition coefficient (Wildman–Crippen LogP) is 5.68.